The van der Waals surface area contributed by atoms with Gasteiger partial charge in [-0.1, -0.05) is 31.0 Å². The third kappa shape index (κ3) is 2.47. The summed E-state index contributed by atoms with van der Waals surface area (Å²) in [6, 6.07) is 9.13. The fraction of sp³-hybridized carbons (Fsp3) is 0.600. The van der Waals surface area contributed by atoms with E-state index in [1.54, 1.807) is 0 Å². The lowest BCUT2D eigenvalue weighted by molar-refractivity contribution is 0.182. The number of ether oxygens (including phenoxy) is 1. The van der Waals surface area contributed by atoms with E-state index in [1.807, 2.05) is 0 Å². The van der Waals surface area contributed by atoms with Gasteiger partial charge < -0.3 is 10.1 Å². The van der Waals surface area contributed by atoms with E-state index < -0.39 is 0 Å². The molecule has 0 amide bonds. The minimum absolute atomic E-state index is 0.656. The molecule has 1 aromatic rings. The second-order valence-electron chi connectivity index (χ2n) is 5.29. The molecule has 2 heteroatoms. The number of fused-ring (bicyclic) bond motifs is 1. The topological polar surface area (TPSA) is 21.3 Å². The summed E-state index contributed by atoms with van der Waals surface area (Å²) in [5.74, 6) is 1.75. The van der Waals surface area contributed by atoms with Crippen molar-refractivity contribution in [3.63, 3.8) is 0 Å². The number of hydrogen-bond acceptors (Lipinski definition) is 2. The summed E-state index contributed by atoms with van der Waals surface area (Å²) in [5, 5.41) is 3.70. The first-order chi connectivity index (χ1) is 8.43. The van der Waals surface area contributed by atoms with Crippen molar-refractivity contribution in [2.75, 3.05) is 13.2 Å². The monoisotopic (exact) mass is 231 g/mol. The van der Waals surface area contributed by atoms with Crippen molar-refractivity contribution in [1.82, 2.24) is 5.32 Å². The van der Waals surface area contributed by atoms with E-state index in [0.717, 1.165) is 12.4 Å². The summed E-state index contributed by atoms with van der Waals surface area (Å²) in [6.07, 6.45) is 6.58. The molecule has 17 heavy (non-hydrogen) atoms. The first kappa shape index (κ1) is 11.1. The Morgan fingerprint density at radius 1 is 1.12 bits per heavy atom. The van der Waals surface area contributed by atoms with E-state index in [2.05, 4.69) is 29.6 Å². The zero-order valence-corrected chi connectivity index (χ0v) is 10.3. The molecular weight excluding hydrogens is 210 g/mol. The van der Waals surface area contributed by atoms with E-state index in [4.69, 9.17) is 4.74 Å². The van der Waals surface area contributed by atoms with Crippen molar-refractivity contribution in [2.24, 2.45) is 5.92 Å². The molecule has 2 nitrogen and oxygen atoms in total. The Morgan fingerprint density at radius 3 is 3.06 bits per heavy atom. The summed E-state index contributed by atoms with van der Waals surface area (Å²) in [6.45, 7) is 2.07. The van der Waals surface area contributed by atoms with Crippen LogP contribution in [0, 0.1) is 5.92 Å². The molecule has 0 aliphatic carbocycles. The molecule has 3 rings (SSSR count). The van der Waals surface area contributed by atoms with Gasteiger partial charge in [0.25, 0.3) is 0 Å². The standard InChI is InChI=1S/C15H21NO/c1-2-7-14(16-9-5-1)13-10-12-6-3-4-8-15(12)17-11-13/h3-4,6,8,13-14,16H,1-2,5,7,9-11H2. The van der Waals surface area contributed by atoms with Crippen molar-refractivity contribution in [3.05, 3.63) is 29.8 Å². The molecule has 2 atom stereocenters. The van der Waals surface area contributed by atoms with E-state index in [0.29, 0.717) is 12.0 Å². The fourth-order valence-corrected chi connectivity index (χ4v) is 3.07. The maximum absolute atomic E-state index is 5.89. The SMILES string of the molecule is c1ccc2c(c1)CC(C1CCCCCN1)CO2. The predicted molar refractivity (Wildman–Crippen MR) is 69.4 cm³/mol. The smallest absolute Gasteiger partial charge is 0.122 e. The van der Waals surface area contributed by atoms with Crippen LogP contribution in [0.3, 0.4) is 0 Å². The highest BCUT2D eigenvalue weighted by Crippen LogP contribution is 2.30. The molecule has 2 aliphatic heterocycles. The van der Waals surface area contributed by atoms with Gasteiger partial charge >= 0.3 is 0 Å². The number of hydrogen-bond donors (Lipinski definition) is 1. The molecule has 2 aliphatic rings. The van der Waals surface area contributed by atoms with Gasteiger partial charge in [0.15, 0.2) is 0 Å². The molecule has 2 unspecified atom stereocenters. The summed E-state index contributed by atoms with van der Waals surface area (Å²) < 4.78 is 5.89. The zero-order valence-electron chi connectivity index (χ0n) is 10.3. The predicted octanol–water partition coefficient (Wildman–Crippen LogP) is 2.77. The molecule has 0 radical (unpaired) electrons. The van der Waals surface area contributed by atoms with Crippen LogP contribution >= 0.6 is 0 Å². The number of rotatable bonds is 1. The van der Waals surface area contributed by atoms with Crippen LogP contribution in [0.15, 0.2) is 24.3 Å². The van der Waals surface area contributed by atoms with Crippen LogP contribution < -0.4 is 10.1 Å². The van der Waals surface area contributed by atoms with E-state index in [1.165, 1.54) is 44.2 Å². The van der Waals surface area contributed by atoms with Crippen LogP contribution in [0.5, 0.6) is 5.75 Å². The Morgan fingerprint density at radius 2 is 2.06 bits per heavy atom. The Kier molecular flexibility index (Phi) is 3.32. The van der Waals surface area contributed by atoms with E-state index in [9.17, 15) is 0 Å². The zero-order chi connectivity index (χ0) is 11.5. The molecule has 0 spiro atoms. The van der Waals surface area contributed by atoms with Crippen molar-refractivity contribution in [3.8, 4) is 5.75 Å². The van der Waals surface area contributed by atoms with Crippen LogP contribution in [0.25, 0.3) is 0 Å². The summed E-state index contributed by atoms with van der Waals surface area (Å²) in [5.41, 5.74) is 1.38. The van der Waals surface area contributed by atoms with Crippen LogP contribution in [0.4, 0.5) is 0 Å². The molecule has 1 aromatic carbocycles. The van der Waals surface area contributed by atoms with Gasteiger partial charge in [-0.3, -0.25) is 0 Å². The summed E-state index contributed by atoms with van der Waals surface area (Å²) >= 11 is 0. The maximum atomic E-state index is 5.89. The van der Waals surface area contributed by atoms with Gasteiger partial charge in [-0.05, 0) is 37.4 Å². The second kappa shape index (κ2) is 5.09. The maximum Gasteiger partial charge on any atom is 0.122 e. The van der Waals surface area contributed by atoms with Crippen molar-refractivity contribution >= 4 is 0 Å². The average Bonchev–Trinajstić information content (AvgIpc) is 2.67. The minimum atomic E-state index is 0.656. The second-order valence-corrected chi connectivity index (χ2v) is 5.29. The molecule has 0 bridgehead atoms. The Hall–Kier alpha value is -1.02. The first-order valence-electron chi connectivity index (χ1n) is 6.87. The Balaban J connectivity index is 1.70. The molecular formula is C15H21NO. The number of benzene rings is 1. The highest BCUT2D eigenvalue weighted by Gasteiger charge is 2.27. The average molecular weight is 231 g/mol. The quantitative estimate of drug-likeness (QED) is 0.802. The third-order valence-electron chi connectivity index (χ3n) is 4.08. The van der Waals surface area contributed by atoms with Crippen molar-refractivity contribution < 1.29 is 4.74 Å². The molecule has 0 aromatic heterocycles. The highest BCUT2D eigenvalue weighted by atomic mass is 16.5. The lowest BCUT2D eigenvalue weighted by Crippen LogP contribution is -2.41. The molecule has 92 valence electrons. The van der Waals surface area contributed by atoms with E-state index in [-0.39, 0.29) is 0 Å². The lowest BCUT2D eigenvalue weighted by Gasteiger charge is -2.31. The normalized spacial score (nSPS) is 28.9. The van der Waals surface area contributed by atoms with Crippen LogP contribution in [0.1, 0.15) is 31.2 Å². The van der Waals surface area contributed by atoms with Gasteiger partial charge in [0.05, 0.1) is 6.61 Å². The summed E-state index contributed by atoms with van der Waals surface area (Å²) in [4.78, 5) is 0. The van der Waals surface area contributed by atoms with Crippen LogP contribution in [-0.2, 0) is 6.42 Å². The lowest BCUT2D eigenvalue weighted by atomic mass is 9.88. The van der Waals surface area contributed by atoms with Gasteiger partial charge in [0, 0.05) is 12.0 Å². The third-order valence-corrected chi connectivity index (χ3v) is 4.08. The molecule has 1 fully saturated rings. The number of nitrogens with one attached hydrogen (secondary N) is 1. The molecule has 2 heterocycles. The van der Waals surface area contributed by atoms with Crippen LogP contribution in [0.2, 0.25) is 0 Å². The van der Waals surface area contributed by atoms with Gasteiger partial charge in [-0.15, -0.1) is 0 Å². The highest BCUT2D eigenvalue weighted by molar-refractivity contribution is 5.35. The fourth-order valence-electron chi connectivity index (χ4n) is 3.07. The van der Waals surface area contributed by atoms with Gasteiger partial charge in [0.2, 0.25) is 0 Å². The van der Waals surface area contributed by atoms with Crippen molar-refractivity contribution in [2.45, 2.75) is 38.1 Å². The van der Waals surface area contributed by atoms with E-state index >= 15 is 0 Å². The Bertz CT molecular complexity index is 369. The molecule has 1 saturated heterocycles. The van der Waals surface area contributed by atoms with Crippen LogP contribution in [-0.4, -0.2) is 19.2 Å². The Labute approximate surface area is 103 Å². The van der Waals surface area contributed by atoms with Gasteiger partial charge in [-0.25, -0.2) is 0 Å². The number of para-hydroxylation sites is 1. The molecule has 0 saturated carbocycles. The van der Waals surface area contributed by atoms with Gasteiger partial charge in [-0.2, -0.15) is 0 Å². The van der Waals surface area contributed by atoms with Crippen molar-refractivity contribution in [1.29, 1.82) is 0 Å². The first-order valence-corrected chi connectivity index (χ1v) is 6.87. The minimum Gasteiger partial charge on any atom is -0.493 e. The summed E-state index contributed by atoms with van der Waals surface area (Å²) in [7, 11) is 0. The van der Waals surface area contributed by atoms with Gasteiger partial charge in [0.1, 0.15) is 5.75 Å². The largest absolute Gasteiger partial charge is 0.493 e. The molecule has 1 N–H and O–H groups in total.